The molecule has 2 aliphatic heterocycles. The van der Waals surface area contributed by atoms with Gasteiger partial charge in [0, 0.05) is 28.7 Å². The smallest absolute Gasteiger partial charge is 0.352 e. The SMILES string of the molecule is CC(=O)OCC1=C(C(=O)O)N2C(=O)[C@@H](NC(=O)/C(=N\OCc3ccc(Cl)cc3)c3csc(N)n3)[C@H]2SC1. The second kappa shape index (κ2) is 11.2. The molecule has 2 atom stereocenters. The van der Waals surface area contributed by atoms with Crippen molar-refractivity contribution in [3.63, 3.8) is 0 Å². The summed E-state index contributed by atoms with van der Waals surface area (Å²) in [6.45, 7) is 0.999. The Bertz CT molecular complexity index is 1310. The van der Waals surface area contributed by atoms with E-state index < -0.39 is 35.2 Å². The summed E-state index contributed by atoms with van der Waals surface area (Å²) >= 11 is 8.22. The molecule has 0 saturated carbocycles. The second-order valence-corrected chi connectivity index (χ2v) is 10.2. The van der Waals surface area contributed by atoms with Crippen LogP contribution in [-0.2, 0) is 35.4 Å². The number of nitrogens with zero attached hydrogens (tertiary/aromatic N) is 3. The predicted octanol–water partition coefficient (Wildman–Crippen LogP) is 1.60. The Hall–Kier alpha value is -3.62. The molecule has 2 aromatic rings. The third kappa shape index (κ3) is 5.87. The topological polar surface area (TPSA) is 174 Å². The summed E-state index contributed by atoms with van der Waals surface area (Å²) in [6.07, 6.45) is 0. The number of aromatic nitrogens is 1. The number of thiazole rings is 1. The highest BCUT2D eigenvalue weighted by molar-refractivity contribution is 8.00. The van der Waals surface area contributed by atoms with Gasteiger partial charge in [0.1, 0.15) is 36.0 Å². The van der Waals surface area contributed by atoms with Gasteiger partial charge in [0.25, 0.3) is 11.8 Å². The van der Waals surface area contributed by atoms with Crippen molar-refractivity contribution >= 4 is 69.3 Å². The van der Waals surface area contributed by atoms with Crippen molar-refractivity contribution < 1.29 is 33.9 Å². The molecule has 12 nitrogen and oxygen atoms in total. The normalized spacial score (nSPS) is 19.1. The third-order valence-corrected chi connectivity index (χ3v) is 7.53. The lowest BCUT2D eigenvalue weighted by atomic mass is 10.0. The molecule has 0 bridgehead atoms. The third-order valence-electron chi connectivity index (χ3n) is 5.27. The number of carbonyl (C=O) groups is 4. The molecule has 0 spiro atoms. The van der Waals surface area contributed by atoms with Crippen molar-refractivity contribution in [2.45, 2.75) is 24.9 Å². The van der Waals surface area contributed by atoms with Crippen LogP contribution in [0.5, 0.6) is 0 Å². The zero-order chi connectivity index (χ0) is 26.7. The van der Waals surface area contributed by atoms with Crippen LogP contribution < -0.4 is 11.1 Å². The van der Waals surface area contributed by atoms with Crippen LogP contribution >= 0.6 is 34.7 Å². The van der Waals surface area contributed by atoms with Crippen molar-refractivity contribution in [1.82, 2.24) is 15.2 Å². The van der Waals surface area contributed by atoms with Gasteiger partial charge in [-0.1, -0.05) is 28.9 Å². The average Bonchev–Trinajstić information content (AvgIpc) is 3.29. The Labute approximate surface area is 223 Å². The molecule has 0 radical (unpaired) electrons. The molecule has 1 aromatic carbocycles. The first-order valence-electron chi connectivity index (χ1n) is 10.7. The summed E-state index contributed by atoms with van der Waals surface area (Å²) < 4.78 is 4.92. The molecule has 1 saturated heterocycles. The van der Waals surface area contributed by atoms with Gasteiger partial charge in [-0.2, -0.15) is 0 Å². The highest BCUT2D eigenvalue weighted by Gasteiger charge is 2.54. The van der Waals surface area contributed by atoms with Crippen LogP contribution in [0.25, 0.3) is 0 Å². The number of aliphatic carboxylic acids is 1. The van der Waals surface area contributed by atoms with Gasteiger partial charge in [-0.25, -0.2) is 9.78 Å². The number of anilines is 1. The molecule has 4 rings (SSSR count). The van der Waals surface area contributed by atoms with Crippen LogP contribution in [0.15, 0.2) is 46.1 Å². The number of esters is 1. The average molecular weight is 566 g/mol. The van der Waals surface area contributed by atoms with Crippen molar-refractivity contribution in [3.8, 4) is 0 Å². The summed E-state index contributed by atoms with van der Waals surface area (Å²) in [6, 6.07) is 5.84. The summed E-state index contributed by atoms with van der Waals surface area (Å²) in [7, 11) is 0. The molecule has 4 N–H and O–H groups in total. The first-order chi connectivity index (χ1) is 17.7. The number of benzene rings is 1. The van der Waals surface area contributed by atoms with E-state index in [0.717, 1.165) is 21.8 Å². The van der Waals surface area contributed by atoms with Gasteiger partial charge in [0.2, 0.25) is 0 Å². The van der Waals surface area contributed by atoms with Crippen LogP contribution in [-0.4, -0.2) is 68.2 Å². The van der Waals surface area contributed by atoms with Crippen LogP contribution in [0.1, 0.15) is 18.2 Å². The number of hydrogen-bond acceptors (Lipinski definition) is 11. The van der Waals surface area contributed by atoms with Gasteiger partial charge in [-0.3, -0.25) is 19.3 Å². The van der Waals surface area contributed by atoms with Gasteiger partial charge in [-0.15, -0.1) is 23.1 Å². The number of hydrogen-bond donors (Lipinski definition) is 3. The molecule has 2 aliphatic rings. The van der Waals surface area contributed by atoms with E-state index in [1.807, 2.05) is 0 Å². The minimum atomic E-state index is -1.33. The van der Waals surface area contributed by atoms with Gasteiger partial charge < -0.3 is 25.7 Å². The number of nitrogens with one attached hydrogen (secondary N) is 1. The van der Waals surface area contributed by atoms with E-state index in [0.29, 0.717) is 5.02 Å². The summed E-state index contributed by atoms with van der Waals surface area (Å²) in [5.74, 6) is -3.07. The van der Waals surface area contributed by atoms with Crippen molar-refractivity contribution in [3.05, 3.63) is 57.2 Å². The maximum atomic E-state index is 13.1. The van der Waals surface area contributed by atoms with E-state index in [1.54, 1.807) is 24.3 Å². The zero-order valence-corrected chi connectivity index (χ0v) is 21.6. The lowest BCUT2D eigenvalue weighted by Gasteiger charge is -2.49. The van der Waals surface area contributed by atoms with E-state index in [2.05, 4.69) is 15.5 Å². The highest BCUT2D eigenvalue weighted by Crippen LogP contribution is 2.40. The number of nitrogen functional groups attached to an aromatic ring is 1. The molecule has 3 heterocycles. The molecule has 1 fully saturated rings. The van der Waals surface area contributed by atoms with Crippen molar-refractivity contribution in [2.24, 2.45) is 5.16 Å². The molecule has 2 amide bonds. The standard InChI is InChI=1S/C22H20ClN5O7S2/c1-10(29)34-7-12-8-36-20-16(19(31)28(20)17(12)21(32)33)26-18(30)15(14-9-37-22(24)25-14)27-35-6-11-2-4-13(23)5-3-11/h2-5,9,16,20H,6-8H2,1H3,(H2,24,25)(H,26,30)(H,32,33)/b27-15-/t16-,20-/m1/s1. The summed E-state index contributed by atoms with van der Waals surface area (Å²) in [5.41, 5.74) is 6.46. The number of rotatable bonds is 9. The van der Waals surface area contributed by atoms with Crippen LogP contribution in [0, 0.1) is 0 Å². The molecule has 1 aromatic heterocycles. The molecule has 0 aliphatic carbocycles. The molecule has 194 valence electrons. The maximum absolute atomic E-state index is 13.1. The monoisotopic (exact) mass is 565 g/mol. The lowest BCUT2D eigenvalue weighted by Crippen LogP contribution is -2.71. The number of β-lactam (4-membered cyclic amide) rings is 1. The Morgan fingerprint density at radius 2 is 2.03 bits per heavy atom. The minimum absolute atomic E-state index is 0.0417. The van der Waals surface area contributed by atoms with Crippen molar-refractivity contribution in [1.29, 1.82) is 0 Å². The number of ether oxygens (including phenoxy) is 1. The fraction of sp³-hybridized carbons (Fsp3) is 0.273. The first-order valence-corrected chi connectivity index (χ1v) is 13.0. The number of carboxylic acids is 1. The molecular weight excluding hydrogens is 546 g/mol. The number of carboxylic acid groups (broad SMARTS) is 1. The van der Waals surface area contributed by atoms with E-state index in [-0.39, 0.29) is 46.8 Å². The number of halogens is 1. The number of fused-ring (bicyclic) bond motifs is 1. The number of nitrogens with two attached hydrogens (primary N) is 1. The van der Waals surface area contributed by atoms with Crippen LogP contribution in [0.2, 0.25) is 5.02 Å². The Morgan fingerprint density at radius 3 is 2.65 bits per heavy atom. The number of oxime groups is 1. The molecule has 0 unspecified atom stereocenters. The Kier molecular flexibility index (Phi) is 8.00. The van der Waals surface area contributed by atoms with Gasteiger partial charge >= 0.3 is 11.9 Å². The maximum Gasteiger partial charge on any atom is 0.352 e. The van der Waals surface area contributed by atoms with E-state index in [1.165, 1.54) is 24.1 Å². The Morgan fingerprint density at radius 1 is 1.30 bits per heavy atom. The van der Waals surface area contributed by atoms with E-state index in [4.69, 9.17) is 26.9 Å². The lowest BCUT2D eigenvalue weighted by molar-refractivity contribution is -0.150. The molecule has 37 heavy (non-hydrogen) atoms. The quantitative estimate of drug-likeness (QED) is 0.175. The predicted molar refractivity (Wildman–Crippen MR) is 136 cm³/mol. The number of carbonyl (C=O) groups excluding carboxylic acids is 3. The van der Waals surface area contributed by atoms with Crippen molar-refractivity contribution in [2.75, 3.05) is 18.1 Å². The largest absolute Gasteiger partial charge is 0.477 e. The summed E-state index contributed by atoms with van der Waals surface area (Å²) in [5, 5.41) is 17.8. The fourth-order valence-corrected chi connectivity index (χ4v) is 5.55. The second-order valence-electron chi connectivity index (χ2n) is 7.81. The molecule has 15 heteroatoms. The van der Waals surface area contributed by atoms with E-state index >= 15 is 0 Å². The zero-order valence-electron chi connectivity index (χ0n) is 19.2. The van der Waals surface area contributed by atoms with Gasteiger partial charge in [-0.05, 0) is 17.7 Å². The van der Waals surface area contributed by atoms with Crippen LogP contribution in [0.4, 0.5) is 5.13 Å². The number of amides is 2. The van der Waals surface area contributed by atoms with Gasteiger partial charge in [0.05, 0.1) is 0 Å². The fourth-order valence-electron chi connectivity index (χ4n) is 3.55. The first kappa shape index (κ1) is 26.4. The Balaban J connectivity index is 1.49. The van der Waals surface area contributed by atoms with Crippen LogP contribution in [0.3, 0.4) is 0 Å². The van der Waals surface area contributed by atoms with E-state index in [9.17, 15) is 24.3 Å². The highest BCUT2D eigenvalue weighted by atomic mass is 35.5. The number of thioether (sulfide) groups is 1. The summed E-state index contributed by atoms with van der Waals surface area (Å²) in [4.78, 5) is 59.6. The molecular formula is C22H20ClN5O7S2. The van der Waals surface area contributed by atoms with Gasteiger partial charge in [0.15, 0.2) is 10.8 Å². The minimum Gasteiger partial charge on any atom is -0.477 e.